The molecule has 96 heavy (non-hydrogen) atoms. The van der Waals surface area contributed by atoms with Gasteiger partial charge in [0.05, 0.1) is 18.2 Å². The second-order valence-corrected chi connectivity index (χ2v) is 29.1. The minimum atomic E-state index is 0.176. The molecule has 7 heteroatoms. The van der Waals surface area contributed by atoms with E-state index < -0.39 is 0 Å². The normalized spacial score (nSPS) is 15.5. The molecule has 0 bridgehead atoms. The summed E-state index contributed by atoms with van der Waals surface area (Å²) in [6.45, 7) is 10.1. The predicted octanol–water partition coefficient (Wildman–Crippen LogP) is 27.3. The van der Waals surface area contributed by atoms with E-state index in [1.807, 2.05) is 6.33 Å². The van der Waals surface area contributed by atoms with Gasteiger partial charge in [-0.05, 0) is 199 Å². The molecule has 0 aliphatic carbocycles. The molecule has 0 aromatic carbocycles. The molecule has 0 radical (unpaired) electrons. The first-order valence-electron chi connectivity index (χ1n) is 42.0. The number of carbonyl (C=O) groups is 2. The Morgan fingerprint density at radius 3 is 1.04 bits per heavy atom. The number of nitrogens with one attached hydrogen (secondary N) is 3. The molecule has 3 N–H and O–H groups in total. The number of hydrogen-bond donors (Lipinski definition) is 3. The molecule has 7 nitrogen and oxygen atoms in total. The standard InChI is InChI=1S/C89H157N5O2/c1-5-9-13-17-21-25-29-33-37-41-45-49-53-57-61-65-71-84(72-66-62-58-54-50-46-42-38-34-30-26-22-18-14-10-6-2)92-88(95)75-69-70-83-78-79-90-87(80-83)94-81-86(91-82-94)76-77-89(96)93-85(73-67-63-59-55-51-47-43-39-35-31-27-23-19-15-11-7-3)74-68-64-60-56-52-48-44-40-36-32-28-24-20-16-12-8-4/h21-28,33-40,81-85,87,90H,5-20,29-32,41-80H2,1-4H3,(H,92,95)(H,93,96). The van der Waals surface area contributed by atoms with Gasteiger partial charge in [-0.3, -0.25) is 14.9 Å². The molecule has 1 aromatic heterocycles. The number of imidazole rings is 1. The van der Waals surface area contributed by atoms with Gasteiger partial charge in [0, 0.05) is 31.1 Å². The Morgan fingerprint density at radius 1 is 0.406 bits per heavy atom. The maximum Gasteiger partial charge on any atom is 0.220 e. The van der Waals surface area contributed by atoms with Crippen LogP contribution < -0.4 is 16.0 Å². The van der Waals surface area contributed by atoms with Gasteiger partial charge in [0.1, 0.15) is 0 Å². The van der Waals surface area contributed by atoms with Crippen LogP contribution in [0.4, 0.5) is 0 Å². The minimum absolute atomic E-state index is 0.176. The number of hydrogen-bond acceptors (Lipinski definition) is 4. The number of aryl methyl sites for hydroxylation is 1. The monoisotopic (exact) mass is 1330 g/mol. The zero-order valence-corrected chi connectivity index (χ0v) is 63.8. The SMILES string of the molecule is CCCCCC=CCC=CCCCCCCCCC(CCCCCCCCC=CCC=CCCCCC)NC(=O)CCCC1CCNC(n2cnc(CCC(=O)NC(CCCCCCCCC=CCC=CCCCCC)CCCCCCCCC=CCC=CCCCCC)c2)C1. The van der Waals surface area contributed by atoms with Gasteiger partial charge in [-0.25, -0.2) is 4.98 Å². The molecule has 2 atom stereocenters. The van der Waals surface area contributed by atoms with Crippen molar-refractivity contribution in [2.24, 2.45) is 5.92 Å². The molecular weight excluding hydrogens is 1170 g/mol. The zero-order valence-electron chi connectivity index (χ0n) is 63.8. The van der Waals surface area contributed by atoms with Crippen molar-refractivity contribution in [1.82, 2.24) is 25.5 Å². The summed E-state index contributed by atoms with van der Waals surface area (Å²) in [5.74, 6) is 1.02. The first-order valence-corrected chi connectivity index (χ1v) is 42.0. The van der Waals surface area contributed by atoms with Gasteiger partial charge in [0.15, 0.2) is 0 Å². The lowest BCUT2D eigenvalue weighted by Gasteiger charge is -2.31. The summed E-state index contributed by atoms with van der Waals surface area (Å²) >= 11 is 0. The third kappa shape index (κ3) is 58.9. The van der Waals surface area contributed by atoms with Gasteiger partial charge in [-0.15, -0.1) is 0 Å². The van der Waals surface area contributed by atoms with Crippen LogP contribution in [0.15, 0.2) is 110 Å². The number of carbonyl (C=O) groups excluding carboxylic acids is 2. The van der Waals surface area contributed by atoms with E-state index in [0.717, 1.165) is 89.3 Å². The minimum Gasteiger partial charge on any atom is -0.353 e. The van der Waals surface area contributed by atoms with Crippen molar-refractivity contribution in [3.63, 3.8) is 0 Å². The van der Waals surface area contributed by atoms with Gasteiger partial charge in [-0.1, -0.05) is 305 Å². The Labute approximate surface area is 596 Å². The number of piperidine rings is 1. The van der Waals surface area contributed by atoms with Crippen molar-refractivity contribution >= 4 is 11.8 Å². The molecule has 1 fully saturated rings. The van der Waals surface area contributed by atoms with Crippen LogP contribution in [0.25, 0.3) is 0 Å². The van der Waals surface area contributed by atoms with E-state index in [1.165, 1.54) is 283 Å². The quantitative estimate of drug-likeness (QED) is 0.0448. The second-order valence-electron chi connectivity index (χ2n) is 29.1. The van der Waals surface area contributed by atoms with Crippen LogP contribution in [0.2, 0.25) is 0 Å². The number of rotatable bonds is 70. The van der Waals surface area contributed by atoms with Crippen LogP contribution in [-0.4, -0.2) is 40.0 Å². The zero-order chi connectivity index (χ0) is 68.6. The van der Waals surface area contributed by atoms with Crippen molar-refractivity contribution in [3.8, 4) is 0 Å². The Bertz CT molecular complexity index is 1990. The van der Waals surface area contributed by atoms with E-state index in [-0.39, 0.29) is 24.0 Å². The number of unbranched alkanes of at least 4 members (excludes halogenated alkanes) is 36. The van der Waals surface area contributed by atoms with Crippen molar-refractivity contribution in [2.75, 3.05) is 6.54 Å². The van der Waals surface area contributed by atoms with Crippen LogP contribution in [0, 0.1) is 5.92 Å². The third-order valence-electron chi connectivity index (χ3n) is 19.9. The Hall–Kier alpha value is -3.97. The molecule has 1 saturated heterocycles. The van der Waals surface area contributed by atoms with E-state index in [0.29, 0.717) is 31.2 Å². The summed E-state index contributed by atoms with van der Waals surface area (Å²) in [7, 11) is 0. The molecular formula is C89H157N5O2. The Kier molecular flexibility index (Phi) is 65.1. The second kappa shape index (κ2) is 70.9. The fraction of sp³-hybridized carbons (Fsp3) is 0.764. The summed E-state index contributed by atoms with van der Waals surface area (Å²) in [5, 5.41) is 10.8. The average molecular weight is 1330 g/mol. The lowest BCUT2D eigenvalue weighted by atomic mass is 9.90. The maximum atomic E-state index is 13.6. The highest BCUT2D eigenvalue weighted by Gasteiger charge is 2.24. The van der Waals surface area contributed by atoms with E-state index >= 15 is 0 Å². The molecule has 2 heterocycles. The molecule has 2 rings (SSSR count). The van der Waals surface area contributed by atoms with Crippen molar-refractivity contribution in [1.29, 1.82) is 0 Å². The lowest BCUT2D eigenvalue weighted by molar-refractivity contribution is -0.122. The first-order chi connectivity index (χ1) is 47.5. The highest BCUT2D eigenvalue weighted by molar-refractivity contribution is 5.76. The van der Waals surface area contributed by atoms with Gasteiger partial charge in [-0.2, -0.15) is 0 Å². The fourth-order valence-electron chi connectivity index (χ4n) is 13.6. The summed E-state index contributed by atoms with van der Waals surface area (Å²) in [4.78, 5) is 32.1. The van der Waals surface area contributed by atoms with Crippen LogP contribution in [0.5, 0.6) is 0 Å². The Balaban J connectivity index is 1.81. The highest BCUT2D eigenvalue weighted by atomic mass is 16.2. The summed E-state index contributed by atoms with van der Waals surface area (Å²) in [6.07, 6.45) is 113. The van der Waals surface area contributed by atoms with Crippen LogP contribution in [0.3, 0.4) is 0 Å². The number of amides is 2. The number of allylic oxidation sites excluding steroid dienone is 16. The van der Waals surface area contributed by atoms with Gasteiger partial charge < -0.3 is 15.2 Å². The van der Waals surface area contributed by atoms with Crippen LogP contribution >= 0.6 is 0 Å². The molecule has 2 amide bonds. The average Bonchev–Trinajstić information content (AvgIpc) is 2.45. The maximum absolute atomic E-state index is 13.6. The number of nitrogens with zero attached hydrogens (tertiary/aromatic N) is 2. The van der Waals surface area contributed by atoms with E-state index in [4.69, 9.17) is 4.98 Å². The molecule has 2 unspecified atom stereocenters. The van der Waals surface area contributed by atoms with Gasteiger partial charge >= 0.3 is 0 Å². The largest absolute Gasteiger partial charge is 0.353 e. The summed E-state index contributed by atoms with van der Waals surface area (Å²) in [5.41, 5.74) is 0.998. The third-order valence-corrected chi connectivity index (χ3v) is 19.9. The van der Waals surface area contributed by atoms with Crippen molar-refractivity contribution < 1.29 is 9.59 Å². The van der Waals surface area contributed by atoms with E-state index in [1.54, 1.807) is 0 Å². The molecule has 1 aliphatic heterocycles. The fourth-order valence-corrected chi connectivity index (χ4v) is 13.6. The molecule has 1 aromatic rings. The highest BCUT2D eigenvalue weighted by Crippen LogP contribution is 2.28. The van der Waals surface area contributed by atoms with E-state index in [2.05, 4.69) is 152 Å². The molecule has 0 spiro atoms. The molecule has 550 valence electrons. The van der Waals surface area contributed by atoms with Crippen molar-refractivity contribution in [2.45, 2.75) is 425 Å². The smallest absolute Gasteiger partial charge is 0.220 e. The van der Waals surface area contributed by atoms with Gasteiger partial charge in [0.25, 0.3) is 0 Å². The molecule has 0 saturated carbocycles. The topological polar surface area (TPSA) is 88.1 Å². The van der Waals surface area contributed by atoms with E-state index in [9.17, 15) is 9.59 Å². The Morgan fingerprint density at radius 2 is 0.708 bits per heavy atom. The summed E-state index contributed by atoms with van der Waals surface area (Å²) in [6, 6.07) is 0.566. The first kappa shape index (κ1) is 88.1. The number of aromatic nitrogens is 2. The van der Waals surface area contributed by atoms with Crippen LogP contribution in [-0.2, 0) is 16.0 Å². The van der Waals surface area contributed by atoms with Crippen LogP contribution in [0.1, 0.15) is 412 Å². The summed E-state index contributed by atoms with van der Waals surface area (Å²) < 4.78 is 2.25. The van der Waals surface area contributed by atoms with Crippen molar-refractivity contribution in [3.05, 3.63) is 115 Å². The predicted molar refractivity (Wildman–Crippen MR) is 424 cm³/mol. The lowest BCUT2D eigenvalue weighted by Crippen LogP contribution is -2.36. The molecule has 1 aliphatic rings. The van der Waals surface area contributed by atoms with Gasteiger partial charge in [0.2, 0.25) is 11.8 Å².